The van der Waals surface area contributed by atoms with Crippen molar-refractivity contribution in [1.29, 1.82) is 0 Å². The highest BCUT2D eigenvalue weighted by Gasteiger charge is 2.01. The maximum Gasteiger partial charge on any atom is 0.131 e. The third-order valence-corrected chi connectivity index (χ3v) is 2.96. The lowest BCUT2D eigenvalue weighted by molar-refractivity contribution is 0.302. The first kappa shape index (κ1) is 12.1. The third-order valence-electron chi connectivity index (χ3n) is 2.33. The van der Waals surface area contributed by atoms with Crippen molar-refractivity contribution in [1.82, 2.24) is 4.98 Å². The molecule has 1 heterocycles. The molecule has 3 nitrogen and oxygen atoms in total. The zero-order valence-corrected chi connectivity index (χ0v) is 10.6. The van der Waals surface area contributed by atoms with Crippen LogP contribution in [-0.4, -0.2) is 11.0 Å². The molecule has 1 unspecified atom stereocenters. The molecule has 0 aliphatic rings. The molecule has 17 heavy (non-hydrogen) atoms. The number of nitrogens with zero attached hydrogens (tertiary/aromatic N) is 1. The van der Waals surface area contributed by atoms with Crippen molar-refractivity contribution in [2.24, 2.45) is 5.73 Å². The minimum atomic E-state index is 0.170. The van der Waals surface area contributed by atoms with Crippen molar-refractivity contribution in [2.45, 2.75) is 26.0 Å². The first-order chi connectivity index (χ1) is 8.24. The summed E-state index contributed by atoms with van der Waals surface area (Å²) in [4.78, 5) is 4.18. The van der Waals surface area contributed by atoms with E-state index < -0.39 is 0 Å². The molecule has 4 heteroatoms. The van der Waals surface area contributed by atoms with Gasteiger partial charge in [0, 0.05) is 11.4 Å². The number of ether oxygens (including phenoxy) is 1. The molecule has 0 aliphatic heterocycles. The summed E-state index contributed by atoms with van der Waals surface area (Å²) in [6, 6.07) is 8.23. The molecule has 0 radical (unpaired) electrons. The molecule has 0 aliphatic carbocycles. The minimum absolute atomic E-state index is 0.170. The van der Waals surface area contributed by atoms with Gasteiger partial charge in [0.2, 0.25) is 0 Å². The second kappa shape index (κ2) is 5.80. The van der Waals surface area contributed by atoms with E-state index in [0.29, 0.717) is 6.61 Å². The van der Waals surface area contributed by atoms with Crippen molar-refractivity contribution in [2.75, 3.05) is 0 Å². The van der Waals surface area contributed by atoms with Crippen LogP contribution in [0.4, 0.5) is 0 Å². The van der Waals surface area contributed by atoms with Gasteiger partial charge in [-0.3, -0.25) is 0 Å². The molecular weight excluding hydrogens is 232 g/mol. The Bertz CT molecular complexity index is 454. The summed E-state index contributed by atoms with van der Waals surface area (Å²) in [6.07, 6.45) is 0.869. The number of hydrogen-bond acceptors (Lipinski definition) is 4. The van der Waals surface area contributed by atoms with E-state index in [9.17, 15) is 0 Å². The first-order valence-corrected chi connectivity index (χ1v) is 6.52. The predicted octanol–water partition coefficient (Wildman–Crippen LogP) is 2.61. The topological polar surface area (TPSA) is 48.1 Å². The second-order valence-corrected chi connectivity index (χ2v) is 4.82. The fourth-order valence-corrected chi connectivity index (χ4v) is 2.14. The van der Waals surface area contributed by atoms with Crippen LogP contribution in [0.25, 0.3) is 0 Å². The lowest BCUT2D eigenvalue weighted by Crippen LogP contribution is -2.17. The normalized spacial score (nSPS) is 12.4. The molecule has 2 aromatic rings. The van der Waals surface area contributed by atoms with Crippen LogP contribution in [0.5, 0.6) is 5.75 Å². The van der Waals surface area contributed by atoms with Gasteiger partial charge in [0.05, 0.1) is 11.2 Å². The summed E-state index contributed by atoms with van der Waals surface area (Å²) in [5.74, 6) is 0.871. The van der Waals surface area contributed by atoms with Gasteiger partial charge in [-0.05, 0) is 31.0 Å². The van der Waals surface area contributed by atoms with Gasteiger partial charge in [-0.15, -0.1) is 11.3 Å². The molecule has 0 amide bonds. The number of hydrogen-bond donors (Lipinski definition) is 1. The van der Waals surface area contributed by atoms with Gasteiger partial charge in [0.25, 0.3) is 0 Å². The Morgan fingerprint density at radius 1 is 1.47 bits per heavy atom. The van der Waals surface area contributed by atoms with Crippen LogP contribution in [0.2, 0.25) is 0 Å². The SMILES string of the molecule is CC(N)Cc1cccc(OCc2cscn2)c1. The summed E-state index contributed by atoms with van der Waals surface area (Å²) in [5.41, 5.74) is 9.76. The van der Waals surface area contributed by atoms with E-state index in [1.165, 1.54) is 5.56 Å². The molecule has 1 atom stereocenters. The Labute approximate surface area is 105 Å². The second-order valence-electron chi connectivity index (χ2n) is 4.10. The van der Waals surface area contributed by atoms with Gasteiger partial charge >= 0.3 is 0 Å². The molecule has 0 fully saturated rings. The average molecular weight is 248 g/mol. The summed E-state index contributed by atoms with van der Waals surface area (Å²) >= 11 is 1.58. The summed E-state index contributed by atoms with van der Waals surface area (Å²) in [6.45, 7) is 2.52. The van der Waals surface area contributed by atoms with E-state index in [4.69, 9.17) is 10.5 Å². The number of rotatable bonds is 5. The number of benzene rings is 1. The molecule has 0 bridgehead atoms. The summed E-state index contributed by atoms with van der Waals surface area (Å²) in [5, 5.41) is 1.99. The minimum Gasteiger partial charge on any atom is -0.487 e. The van der Waals surface area contributed by atoms with Crippen molar-refractivity contribution >= 4 is 11.3 Å². The maximum atomic E-state index is 5.78. The Morgan fingerprint density at radius 3 is 3.06 bits per heavy atom. The lowest BCUT2D eigenvalue weighted by atomic mass is 10.1. The first-order valence-electron chi connectivity index (χ1n) is 5.58. The van der Waals surface area contributed by atoms with E-state index in [1.807, 2.05) is 36.0 Å². The smallest absolute Gasteiger partial charge is 0.131 e. The fourth-order valence-electron chi connectivity index (χ4n) is 1.60. The van der Waals surface area contributed by atoms with Gasteiger partial charge in [0.1, 0.15) is 12.4 Å². The molecule has 0 saturated carbocycles. The zero-order chi connectivity index (χ0) is 12.1. The Hall–Kier alpha value is -1.39. The van der Waals surface area contributed by atoms with Crippen molar-refractivity contribution < 1.29 is 4.74 Å². The van der Waals surface area contributed by atoms with Crippen LogP contribution in [0, 0.1) is 0 Å². The largest absolute Gasteiger partial charge is 0.487 e. The van der Waals surface area contributed by atoms with E-state index in [-0.39, 0.29) is 6.04 Å². The van der Waals surface area contributed by atoms with Crippen molar-refractivity contribution in [3.8, 4) is 5.75 Å². The van der Waals surface area contributed by atoms with Gasteiger partial charge in [0.15, 0.2) is 0 Å². The molecule has 0 spiro atoms. The van der Waals surface area contributed by atoms with Gasteiger partial charge in [-0.25, -0.2) is 4.98 Å². The van der Waals surface area contributed by atoms with Crippen LogP contribution in [0.15, 0.2) is 35.2 Å². The van der Waals surface area contributed by atoms with Crippen LogP contribution in [0.3, 0.4) is 0 Å². The van der Waals surface area contributed by atoms with E-state index >= 15 is 0 Å². The monoisotopic (exact) mass is 248 g/mol. The van der Waals surface area contributed by atoms with Gasteiger partial charge in [-0.1, -0.05) is 12.1 Å². The van der Waals surface area contributed by atoms with Crippen LogP contribution in [-0.2, 0) is 13.0 Å². The van der Waals surface area contributed by atoms with Gasteiger partial charge in [-0.2, -0.15) is 0 Å². The highest BCUT2D eigenvalue weighted by Crippen LogP contribution is 2.16. The fraction of sp³-hybridized carbons (Fsp3) is 0.308. The quantitative estimate of drug-likeness (QED) is 0.884. The Balaban J connectivity index is 1.96. The molecular formula is C13H16N2OS. The number of thiazole rings is 1. The Kier molecular flexibility index (Phi) is 4.12. The van der Waals surface area contributed by atoms with Crippen molar-refractivity contribution in [3.63, 3.8) is 0 Å². The summed E-state index contributed by atoms with van der Waals surface area (Å²) < 4.78 is 5.68. The molecule has 2 N–H and O–H groups in total. The van der Waals surface area contributed by atoms with Gasteiger partial charge < -0.3 is 10.5 Å². The Morgan fingerprint density at radius 2 is 2.35 bits per heavy atom. The van der Waals surface area contributed by atoms with Crippen LogP contribution < -0.4 is 10.5 Å². The molecule has 90 valence electrons. The van der Waals surface area contributed by atoms with Crippen LogP contribution >= 0.6 is 11.3 Å². The maximum absolute atomic E-state index is 5.78. The van der Waals surface area contributed by atoms with E-state index in [0.717, 1.165) is 17.9 Å². The third kappa shape index (κ3) is 3.84. The highest BCUT2D eigenvalue weighted by molar-refractivity contribution is 7.07. The van der Waals surface area contributed by atoms with Crippen LogP contribution in [0.1, 0.15) is 18.2 Å². The molecule has 1 aromatic carbocycles. The van der Waals surface area contributed by atoms with E-state index in [2.05, 4.69) is 11.1 Å². The molecule has 0 saturated heterocycles. The average Bonchev–Trinajstić information content (AvgIpc) is 2.79. The highest BCUT2D eigenvalue weighted by atomic mass is 32.1. The standard InChI is InChI=1S/C13H16N2OS/c1-10(14)5-11-3-2-4-13(6-11)16-7-12-8-17-9-15-12/h2-4,6,8-10H,5,7,14H2,1H3. The molecule has 2 rings (SSSR count). The van der Waals surface area contributed by atoms with Crippen molar-refractivity contribution in [3.05, 3.63) is 46.4 Å². The number of aromatic nitrogens is 1. The number of nitrogens with two attached hydrogens (primary N) is 1. The van der Waals surface area contributed by atoms with E-state index in [1.54, 1.807) is 11.3 Å². The predicted molar refractivity (Wildman–Crippen MR) is 70.2 cm³/mol. The zero-order valence-electron chi connectivity index (χ0n) is 9.80. The molecule has 1 aromatic heterocycles. The lowest BCUT2D eigenvalue weighted by Gasteiger charge is -2.08. The summed E-state index contributed by atoms with van der Waals surface area (Å²) in [7, 11) is 0.